The van der Waals surface area contributed by atoms with E-state index in [4.69, 9.17) is 17.7 Å². The molecule has 0 amide bonds. The molecule has 44 heavy (non-hydrogen) atoms. The van der Waals surface area contributed by atoms with Gasteiger partial charge in [-0.15, -0.1) is 0 Å². The van der Waals surface area contributed by atoms with Crippen LogP contribution in [-0.2, 0) is 26.2 Å². The normalized spacial score (nSPS) is 12.1. The number of furan rings is 4. The number of aliphatic imine (C=N–C) groups is 4. The fourth-order valence-corrected chi connectivity index (χ4v) is 4.65. The topological polar surface area (TPSA) is 102 Å². The highest BCUT2D eigenvalue weighted by atomic mass is 16.3. The van der Waals surface area contributed by atoms with Gasteiger partial charge in [0.25, 0.3) is 0 Å². The van der Waals surface area contributed by atoms with Gasteiger partial charge in [0.05, 0.1) is 76.1 Å². The minimum absolute atomic E-state index is 0.497. The second-order valence-corrected chi connectivity index (χ2v) is 10.0. The molecule has 8 nitrogen and oxygen atoms in total. The van der Waals surface area contributed by atoms with E-state index >= 15 is 0 Å². The van der Waals surface area contributed by atoms with Gasteiger partial charge in [0.2, 0.25) is 0 Å². The second kappa shape index (κ2) is 14.4. The van der Waals surface area contributed by atoms with E-state index in [1.54, 1.807) is 49.9 Å². The largest absolute Gasteiger partial charge is 0.463 e. The van der Waals surface area contributed by atoms with Crippen LogP contribution in [0.15, 0.2) is 148 Å². The van der Waals surface area contributed by atoms with Crippen molar-refractivity contribution in [2.75, 3.05) is 0 Å². The minimum Gasteiger partial charge on any atom is -0.463 e. The van der Waals surface area contributed by atoms with Crippen molar-refractivity contribution in [3.8, 4) is 11.1 Å². The third-order valence-electron chi connectivity index (χ3n) is 6.58. The van der Waals surface area contributed by atoms with E-state index in [0.29, 0.717) is 49.2 Å². The lowest BCUT2D eigenvalue weighted by Crippen LogP contribution is -1.94. The molecule has 8 heteroatoms. The highest BCUT2D eigenvalue weighted by molar-refractivity contribution is 5.77. The summed E-state index contributed by atoms with van der Waals surface area (Å²) < 4.78 is 21.6. The Morgan fingerprint density at radius 2 is 0.659 bits per heavy atom. The third kappa shape index (κ3) is 8.17. The molecule has 0 N–H and O–H groups in total. The van der Waals surface area contributed by atoms with E-state index in [0.717, 1.165) is 33.4 Å². The lowest BCUT2D eigenvalue weighted by Gasteiger charge is -2.11. The monoisotopic (exact) mass is 582 g/mol. The third-order valence-corrected chi connectivity index (χ3v) is 6.58. The Balaban J connectivity index is 1.31. The lowest BCUT2D eigenvalue weighted by atomic mass is 9.96. The summed E-state index contributed by atoms with van der Waals surface area (Å²) in [6.07, 6.45) is 13.5. The summed E-state index contributed by atoms with van der Waals surface area (Å²) in [5.41, 5.74) is 6.37. The van der Waals surface area contributed by atoms with Gasteiger partial charge in [-0.1, -0.05) is 12.1 Å². The van der Waals surface area contributed by atoms with Crippen LogP contribution in [0.3, 0.4) is 0 Å². The number of hydrogen-bond donors (Lipinski definition) is 0. The molecule has 4 heterocycles. The molecular weight excluding hydrogens is 552 g/mol. The molecule has 0 saturated carbocycles. The van der Waals surface area contributed by atoms with Crippen molar-refractivity contribution in [2.24, 2.45) is 20.0 Å². The first-order valence-electron chi connectivity index (χ1n) is 14.2. The lowest BCUT2D eigenvalue weighted by molar-refractivity contribution is 0.559. The zero-order valence-corrected chi connectivity index (χ0v) is 24.0. The molecule has 4 aromatic heterocycles. The van der Waals surface area contributed by atoms with Crippen molar-refractivity contribution in [2.45, 2.75) is 26.2 Å². The maximum Gasteiger partial charge on any atom is 0.144 e. The minimum atomic E-state index is 0.497. The first-order valence-corrected chi connectivity index (χ1v) is 14.2. The molecule has 0 fully saturated rings. The van der Waals surface area contributed by atoms with Gasteiger partial charge in [-0.05, 0) is 106 Å². The van der Waals surface area contributed by atoms with Gasteiger partial charge in [-0.2, -0.15) is 0 Å². The van der Waals surface area contributed by atoms with Crippen LogP contribution < -0.4 is 0 Å². The summed E-state index contributed by atoms with van der Waals surface area (Å²) in [4.78, 5) is 18.5. The SMILES string of the molecule is C(=NCc1cc(CN=Cc2ccco2)cc(-c2cc(CN=Cc3ccco3)cc(CN=Cc3ccco3)c2)c1)c1ccco1. The van der Waals surface area contributed by atoms with Crippen molar-refractivity contribution in [1.29, 1.82) is 0 Å². The summed E-state index contributed by atoms with van der Waals surface area (Å²) in [5.74, 6) is 2.86. The van der Waals surface area contributed by atoms with Crippen molar-refractivity contribution < 1.29 is 17.7 Å². The van der Waals surface area contributed by atoms with E-state index < -0.39 is 0 Å². The van der Waals surface area contributed by atoms with Crippen LogP contribution in [0.5, 0.6) is 0 Å². The first kappa shape index (κ1) is 28.4. The smallest absolute Gasteiger partial charge is 0.144 e. The Morgan fingerprint density at radius 3 is 0.886 bits per heavy atom. The molecule has 6 rings (SSSR count). The van der Waals surface area contributed by atoms with E-state index in [1.165, 1.54) is 0 Å². The fraction of sp³-hybridized carbons (Fsp3) is 0.111. The molecule has 218 valence electrons. The number of benzene rings is 2. The average Bonchev–Trinajstić information content (AvgIpc) is 3.86. The van der Waals surface area contributed by atoms with Gasteiger partial charge >= 0.3 is 0 Å². The molecule has 0 atom stereocenters. The van der Waals surface area contributed by atoms with Crippen LogP contribution in [0.2, 0.25) is 0 Å². The molecule has 0 radical (unpaired) electrons. The van der Waals surface area contributed by atoms with Crippen LogP contribution in [0, 0.1) is 0 Å². The zero-order valence-electron chi connectivity index (χ0n) is 24.0. The van der Waals surface area contributed by atoms with Gasteiger partial charge in [-0.25, -0.2) is 0 Å². The highest BCUT2D eigenvalue weighted by Crippen LogP contribution is 2.27. The van der Waals surface area contributed by atoms with Gasteiger partial charge < -0.3 is 17.7 Å². The molecule has 6 aromatic rings. The van der Waals surface area contributed by atoms with E-state index in [-0.39, 0.29) is 0 Å². The van der Waals surface area contributed by atoms with E-state index in [9.17, 15) is 0 Å². The predicted molar refractivity (Wildman–Crippen MR) is 172 cm³/mol. The maximum atomic E-state index is 5.40. The van der Waals surface area contributed by atoms with Crippen LogP contribution in [0.1, 0.15) is 45.3 Å². The van der Waals surface area contributed by atoms with Crippen molar-refractivity contribution in [3.05, 3.63) is 155 Å². The summed E-state index contributed by atoms with van der Waals surface area (Å²) in [5, 5.41) is 0. The standard InChI is InChI=1S/C36H30N4O4/c1-5-33(41-9-1)23-37-19-27-13-28(20-38-24-34-6-2-10-42-34)16-31(15-27)32-17-29(21-39-25-35-7-3-11-43-35)14-30(18-32)22-40-26-36-8-4-12-44-36/h1-18,23-26H,19-22H2. The van der Waals surface area contributed by atoms with Crippen molar-refractivity contribution >= 4 is 24.9 Å². The Morgan fingerprint density at radius 1 is 0.386 bits per heavy atom. The van der Waals surface area contributed by atoms with Crippen molar-refractivity contribution in [3.63, 3.8) is 0 Å². The quantitative estimate of drug-likeness (QED) is 0.128. The molecule has 0 aliphatic heterocycles. The van der Waals surface area contributed by atoms with Crippen LogP contribution in [0.25, 0.3) is 11.1 Å². The van der Waals surface area contributed by atoms with Crippen LogP contribution >= 0.6 is 0 Å². The number of nitrogens with zero attached hydrogens (tertiary/aromatic N) is 4. The molecule has 0 bridgehead atoms. The van der Waals surface area contributed by atoms with Gasteiger partial charge in [-0.3, -0.25) is 20.0 Å². The van der Waals surface area contributed by atoms with Crippen LogP contribution in [0.4, 0.5) is 0 Å². The maximum absolute atomic E-state index is 5.40. The molecule has 2 aromatic carbocycles. The molecule has 0 aliphatic carbocycles. The highest BCUT2D eigenvalue weighted by Gasteiger charge is 2.08. The fourth-order valence-electron chi connectivity index (χ4n) is 4.65. The van der Waals surface area contributed by atoms with E-state index in [1.807, 2.05) is 48.5 Å². The molecular formula is C36H30N4O4. The number of hydrogen-bond acceptors (Lipinski definition) is 8. The second-order valence-electron chi connectivity index (χ2n) is 10.0. The van der Waals surface area contributed by atoms with E-state index in [2.05, 4.69) is 56.4 Å². The Hall–Kier alpha value is -5.76. The van der Waals surface area contributed by atoms with Gasteiger partial charge in [0, 0.05) is 0 Å². The van der Waals surface area contributed by atoms with Gasteiger partial charge in [0.1, 0.15) is 23.0 Å². The van der Waals surface area contributed by atoms with Gasteiger partial charge in [0.15, 0.2) is 0 Å². The predicted octanol–water partition coefficient (Wildman–Crippen LogP) is 8.20. The Kier molecular flexibility index (Phi) is 9.30. The Bertz CT molecular complexity index is 1580. The summed E-state index contributed by atoms with van der Waals surface area (Å²) in [6, 6.07) is 27.8. The summed E-state index contributed by atoms with van der Waals surface area (Å²) in [6.45, 7) is 1.99. The molecule has 0 aliphatic rings. The Labute approximate surface area is 254 Å². The molecule has 0 saturated heterocycles. The van der Waals surface area contributed by atoms with Crippen molar-refractivity contribution in [1.82, 2.24) is 0 Å². The first-order chi connectivity index (χ1) is 21.8. The van der Waals surface area contributed by atoms with Crippen LogP contribution in [-0.4, -0.2) is 24.9 Å². The zero-order chi connectivity index (χ0) is 29.8. The molecule has 0 unspecified atom stereocenters. The average molecular weight is 583 g/mol. The molecule has 0 spiro atoms. The summed E-state index contributed by atoms with van der Waals surface area (Å²) in [7, 11) is 0. The number of rotatable bonds is 13. The summed E-state index contributed by atoms with van der Waals surface area (Å²) >= 11 is 0.